The van der Waals surface area contributed by atoms with E-state index >= 15 is 0 Å². The predicted molar refractivity (Wildman–Crippen MR) is 479 cm³/mol. The molecule has 0 bridgehead atoms. The molecule has 10 aromatic carbocycles. The number of hydrogen-bond acceptors (Lipinski definition) is 10. The lowest BCUT2D eigenvalue weighted by atomic mass is 10.1. The van der Waals surface area contributed by atoms with E-state index in [1.165, 1.54) is 111 Å². The molecule has 0 N–H and O–H groups in total. The average molecular weight is 1470 g/mol. The third kappa shape index (κ3) is 30.6. The number of hydrogen-bond donors (Lipinski definition) is 0. The molecular weight excluding hydrogens is 1350 g/mol. The van der Waals surface area contributed by atoms with Crippen molar-refractivity contribution in [2.45, 2.75) is 138 Å². The van der Waals surface area contributed by atoms with Crippen LogP contribution < -0.4 is 0 Å². The first-order valence-electron chi connectivity index (χ1n) is 37.0. The molecule has 110 heavy (non-hydrogen) atoms. The number of aliphatic imine (C=N–C) groups is 10. The topological polar surface area (TPSA) is 140 Å². The molecule has 15 nitrogen and oxygen atoms in total. The monoisotopic (exact) mass is 1470 g/mol. The van der Waals surface area contributed by atoms with Crippen LogP contribution in [0.15, 0.2) is 232 Å². The maximum Gasteiger partial charge on any atom is 0.0961 e. The molecule has 0 aliphatic carbocycles. The second-order valence-electron chi connectivity index (χ2n) is 28.7. The smallest absolute Gasteiger partial charge is 0.0961 e. The van der Waals surface area contributed by atoms with Crippen LogP contribution in [0.3, 0.4) is 0 Å². The largest absolute Gasteiger partial charge is 0.326 e. The van der Waals surface area contributed by atoms with Crippen molar-refractivity contribution in [1.29, 1.82) is 0 Å². The van der Waals surface area contributed by atoms with Crippen molar-refractivity contribution in [1.82, 2.24) is 24.5 Å². The first-order valence-corrected chi connectivity index (χ1v) is 37.0. The molecule has 0 saturated heterocycles. The van der Waals surface area contributed by atoms with Gasteiger partial charge >= 0.3 is 0 Å². The van der Waals surface area contributed by atoms with Gasteiger partial charge in [-0.25, -0.2) is 49.9 Å². The van der Waals surface area contributed by atoms with Gasteiger partial charge in [-0.3, -0.25) is 0 Å². The van der Waals surface area contributed by atoms with E-state index in [1.807, 2.05) is 120 Å². The van der Waals surface area contributed by atoms with Gasteiger partial charge in [0.2, 0.25) is 0 Å². The number of aryl methyl sites for hydroxylation is 20. The van der Waals surface area contributed by atoms with Crippen molar-refractivity contribution in [3.05, 3.63) is 293 Å². The summed E-state index contributed by atoms with van der Waals surface area (Å²) in [5, 5.41) is 0. The Morgan fingerprint density at radius 3 is 0.300 bits per heavy atom. The maximum atomic E-state index is 4.51. The van der Waals surface area contributed by atoms with E-state index in [-0.39, 0.29) is 0 Å². The summed E-state index contributed by atoms with van der Waals surface area (Å²) in [5.74, 6) is 0. The number of nitrogens with zero attached hydrogens (tertiary/aromatic N) is 15. The van der Waals surface area contributed by atoms with E-state index < -0.39 is 0 Å². The van der Waals surface area contributed by atoms with Crippen LogP contribution in [-0.2, 0) is 0 Å². The number of rotatable bonds is 20. The van der Waals surface area contributed by atoms with E-state index in [2.05, 4.69) is 310 Å². The summed E-state index contributed by atoms with van der Waals surface area (Å²) >= 11 is 0. The molecule has 0 spiro atoms. The van der Waals surface area contributed by atoms with Crippen LogP contribution in [0, 0.1) is 138 Å². The standard InChI is InChI=1S/5C19H23N3/c5*1-14-6-8-18(16(3)10-14)20-12-22(5)13-21-19-9-7-15(2)11-17(19)4/h5*6-13H,1-5H3. The van der Waals surface area contributed by atoms with Gasteiger partial charge in [-0.2, -0.15) is 0 Å². The van der Waals surface area contributed by atoms with Crippen LogP contribution >= 0.6 is 0 Å². The average Bonchev–Trinajstić information content (AvgIpc) is 0.856. The van der Waals surface area contributed by atoms with Gasteiger partial charge in [-0.05, 0) is 255 Å². The normalized spacial score (nSPS) is 11.5. The minimum Gasteiger partial charge on any atom is -0.326 e. The maximum absolute atomic E-state index is 4.51. The third-order valence-electron chi connectivity index (χ3n) is 17.3. The fourth-order valence-corrected chi connectivity index (χ4v) is 11.2. The number of benzene rings is 10. The highest BCUT2D eigenvalue weighted by atomic mass is 15.2. The lowest BCUT2D eigenvalue weighted by molar-refractivity contribution is 0.801. The molecule has 0 aliphatic rings. The summed E-state index contributed by atoms with van der Waals surface area (Å²) in [7, 11) is 9.65. The van der Waals surface area contributed by atoms with E-state index in [0.29, 0.717) is 0 Å². The Bertz CT molecular complexity index is 3990. The Kier molecular flexibility index (Phi) is 34.4. The molecule has 0 radical (unpaired) electrons. The minimum atomic E-state index is 0.984. The van der Waals surface area contributed by atoms with Crippen LogP contribution in [0.1, 0.15) is 111 Å². The Balaban J connectivity index is 0.000000215. The molecule has 0 unspecified atom stereocenters. The summed E-state index contributed by atoms with van der Waals surface area (Å²) in [6, 6.07) is 62.5. The van der Waals surface area contributed by atoms with E-state index in [0.717, 1.165) is 56.9 Å². The third-order valence-corrected chi connectivity index (χ3v) is 17.3. The summed E-state index contributed by atoms with van der Waals surface area (Å²) in [6.45, 7) is 41.6. The second-order valence-corrected chi connectivity index (χ2v) is 28.7. The van der Waals surface area contributed by atoms with Crippen LogP contribution in [0.4, 0.5) is 56.9 Å². The summed E-state index contributed by atoms with van der Waals surface area (Å²) < 4.78 is 0. The fraction of sp³-hybridized carbons (Fsp3) is 0.263. The molecule has 0 aliphatic heterocycles. The molecule has 0 amide bonds. The zero-order valence-electron chi connectivity index (χ0n) is 69.8. The van der Waals surface area contributed by atoms with Gasteiger partial charge < -0.3 is 24.5 Å². The van der Waals surface area contributed by atoms with E-state index in [1.54, 1.807) is 63.4 Å². The highest BCUT2D eigenvalue weighted by Crippen LogP contribution is 2.27. The van der Waals surface area contributed by atoms with Crippen LogP contribution in [-0.4, -0.2) is 123 Å². The van der Waals surface area contributed by atoms with Gasteiger partial charge in [-0.1, -0.05) is 177 Å². The molecule has 10 aromatic rings. The van der Waals surface area contributed by atoms with Crippen LogP contribution in [0.2, 0.25) is 0 Å². The van der Waals surface area contributed by atoms with Gasteiger partial charge in [0.1, 0.15) is 0 Å². The molecule has 0 heterocycles. The highest BCUT2D eigenvalue weighted by molar-refractivity contribution is 5.83. The molecule has 0 saturated carbocycles. The predicted octanol–water partition coefficient (Wildman–Crippen LogP) is 24.4. The fourth-order valence-electron chi connectivity index (χ4n) is 11.2. The van der Waals surface area contributed by atoms with Gasteiger partial charge in [0.15, 0.2) is 0 Å². The lowest BCUT2D eigenvalue weighted by Gasteiger charge is -2.07. The Morgan fingerprint density at radius 1 is 0.145 bits per heavy atom. The quantitative estimate of drug-likeness (QED) is 0.0552. The van der Waals surface area contributed by atoms with Crippen molar-refractivity contribution in [2.75, 3.05) is 35.2 Å². The van der Waals surface area contributed by atoms with Crippen molar-refractivity contribution >= 4 is 120 Å². The van der Waals surface area contributed by atoms with Gasteiger partial charge in [0.25, 0.3) is 0 Å². The summed E-state index contributed by atoms with van der Waals surface area (Å²) in [6.07, 6.45) is 17.8. The van der Waals surface area contributed by atoms with Gasteiger partial charge in [-0.15, -0.1) is 0 Å². The molecule has 10 rings (SSSR count). The Hall–Kier alpha value is -12.1. The molecule has 0 fully saturated rings. The highest BCUT2D eigenvalue weighted by Gasteiger charge is 2.05. The summed E-state index contributed by atoms with van der Waals surface area (Å²) in [5.41, 5.74) is 34.1. The van der Waals surface area contributed by atoms with E-state index in [9.17, 15) is 0 Å². The van der Waals surface area contributed by atoms with Gasteiger partial charge in [0.05, 0.1) is 120 Å². The SMILES string of the molecule is Cc1ccc(N=CN(C)C=Nc2ccc(C)cc2C)c(C)c1.Cc1ccc(N=CN(C)C=Nc2ccc(C)cc2C)c(C)c1.Cc1ccc(N=CN(C)C=Nc2ccc(C)cc2C)c(C)c1.Cc1ccc(N=CN(C)C=Nc2ccc(C)cc2C)c(C)c1.Cc1ccc(N=CN(C)C=Nc2ccc(C)cc2C)c(C)c1. The summed E-state index contributed by atoms with van der Waals surface area (Å²) in [4.78, 5) is 54.4. The molecule has 15 heteroatoms. The Morgan fingerprint density at radius 2 is 0.227 bits per heavy atom. The van der Waals surface area contributed by atoms with Crippen molar-refractivity contribution in [3.63, 3.8) is 0 Å². The van der Waals surface area contributed by atoms with Crippen LogP contribution in [0.25, 0.3) is 0 Å². The minimum absolute atomic E-state index is 0.984. The van der Waals surface area contributed by atoms with E-state index in [4.69, 9.17) is 0 Å². The van der Waals surface area contributed by atoms with Crippen molar-refractivity contribution < 1.29 is 0 Å². The molecular formula is C95H115N15. The lowest BCUT2D eigenvalue weighted by Crippen LogP contribution is -2.12. The zero-order chi connectivity index (χ0) is 80.6. The first-order chi connectivity index (χ1) is 52.3. The second kappa shape index (κ2) is 43.6. The van der Waals surface area contributed by atoms with Crippen LogP contribution in [0.5, 0.6) is 0 Å². The molecule has 0 atom stereocenters. The zero-order valence-corrected chi connectivity index (χ0v) is 69.8. The molecule has 0 aromatic heterocycles. The van der Waals surface area contributed by atoms with Crippen molar-refractivity contribution in [2.24, 2.45) is 49.9 Å². The Labute approximate surface area is 657 Å². The van der Waals surface area contributed by atoms with Crippen molar-refractivity contribution in [3.8, 4) is 0 Å². The first kappa shape index (κ1) is 86.8. The van der Waals surface area contributed by atoms with Gasteiger partial charge in [0, 0.05) is 35.2 Å². The molecule has 570 valence electrons.